The van der Waals surface area contributed by atoms with E-state index in [0.29, 0.717) is 23.8 Å². The number of hydrogen-bond acceptors (Lipinski definition) is 4. The van der Waals surface area contributed by atoms with Crippen molar-refractivity contribution >= 4 is 11.9 Å². The molecular formula is C16H23NO4. The summed E-state index contributed by atoms with van der Waals surface area (Å²) in [5.41, 5.74) is 0.323. The van der Waals surface area contributed by atoms with Crippen molar-refractivity contribution in [3.05, 3.63) is 29.8 Å². The van der Waals surface area contributed by atoms with E-state index in [1.165, 1.54) is 0 Å². The van der Waals surface area contributed by atoms with Crippen molar-refractivity contribution in [2.75, 3.05) is 13.2 Å². The SMILES string of the molecule is CCOC(=O)c1ccccc1OCC(=O)N[C@@H](C)C(C)C. The molecule has 0 saturated carbocycles. The molecule has 0 aromatic heterocycles. The van der Waals surface area contributed by atoms with Crippen LogP contribution in [0.2, 0.25) is 0 Å². The van der Waals surface area contributed by atoms with E-state index in [4.69, 9.17) is 9.47 Å². The Kier molecular flexibility index (Phi) is 6.72. The number of carbonyl (C=O) groups excluding carboxylic acids is 2. The topological polar surface area (TPSA) is 64.6 Å². The minimum absolute atomic E-state index is 0.0707. The zero-order valence-corrected chi connectivity index (χ0v) is 13.0. The summed E-state index contributed by atoms with van der Waals surface area (Å²) in [6, 6.07) is 6.79. The number of carbonyl (C=O) groups is 2. The molecule has 1 rings (SSSR count). The first-order valence-corrected chi connectivity index (χ1v) is 7.14. The van der Waals surface area contributed by atoms with Crippen LogP contribution in [0.25, 0.3) is 0 Å². The number of nitrogens with one attached hydrogen (secondary N) is 1. The maximum absolute atomic E-state index is 11.8. The van der Waals surface area contributed by atoms with Gasteiger partial charge in [-0.3, -0.25) is 4.79 Å². The molecule has 0 saturated heterocycles. The van der Waals surface area contributed by atoms with Gasteiger partial charge in [-0.15, -0.1) is 0 Å². The van der Waals surface area contributed by atoms with Gasteiger partial charge < -0.3 is 14.8 Å². The first-order chi connectivity index (χ1) is 9.95. The fourth-order valence-electron chi connectivity index (χ4n) is 1.58. The molecule has 5 nitrogen and oxygen atoms in total. The van der Waals surface area contributed by atoms with Gasteiger partial charge in [0.2, 0.25) is 0 Å². The Bertz CT molecular complexity index is 485. The van der Waals surface area contributed by atoms with E-state index in [1.54, 1.807) is 31.2 Å². The zero-order chi connectivity index (χ0) is 15.8. The molecule has 1 aromatic rings. The zero-order valence-electron chi connectivity index (χ0n) is 13.0. The first-order valence-electron chi connectivity index (χ1n) is 7.14. The summed E-state index contributed by atoms with van der Waals surface area (Å²) >= 11 is 0. The van der Waals surface area contributed by atoms with E-state index in [2.05, 4.69) is 5.32 Å². The molecule has 1 amide bonds. The Morgan fingerprint density at radius 1 is 1.19 bits per heavy atom. The van der Waals surface area contributed by atoms with Gasteiger partial charge in [-0.05, 0) is 31.9 Å². The number of rotatable bonds is 7. The molecule has 0 unspecified atom stereocenters. The molecule has 116 valence electrons. The number of hydrogen-bond donors (Lipinski definition) is 1. The van der Waals surface area contributed by atoms with Crippen molar-refractivity contribution in [2.45, 2.75) is 33.7 Å². The molecule has 0 aliphatic heterocycles. The van der Waals surface area contributed by atoms with E-state index in [-0.39, 0.29) is 18.6 Å². The summed E-state index contributed by atoms with van der Waals surface area (Å²) in [5, 5.41) is 2.84. The van der Waals surface area contributed by atoms with Gasteiger partial charge in [-0.2, -0.15) is 0 Å². The molecule has 0 aliphatic rings. The number of benzene rings is 1. The predicted molar refractivity (Wildman–Crippen MR) is 80.3 cm³/mol. The maximum Gasteiger partial charge on any atom is 0.341 e. The van der Waals surface area contributed by atoms with E-state index in [9.17, 15) is 9.59 Å². The molecule has 0 spiro atoms. The van der Waals surface area contributed by atoms with Crippen molar-refractivity contribution in [2.24, 2.45) is 5.92 Å². The maximum atomic E-state index is 11.8. The first kappa shape index (κ1) is 17.0. The molecule has 0 heterocycles. The van der Waals surface area contributed by atoms with E-state index in [0.717, 1.165) is 0 Å². The van der Waals surface area contributed by atoms with E-state index in [1.807, 2.05) is 20.8 Å². The lowest BCUT2D eigenvalue weighted by molar-refractivity contribution is -0.124. The predicted octanol–water partition coefficient (Wildman–Crippen LogP) is 2.40. The Morgan fingerprint density at radius 3 is 2.48 bits per heavy atom. The minimum Gasteiger partial charge on any atom is -0.483 e. The smallest absolute Gasteiger partial charge is 0.341 e. The lowest BCUT2D eigenvalue weighted by Gasteiger charge is -2.17. The normalized spacial score (nSPS) is 11.9. The summed E-state index contributed by atoms with van der Waals surface area (Å²) < 4.78 is 10.4. The summed E-state index contributed by atoms with van der Waals surface area (Å²) in [4.78, 5) is 23.6. The second-order valence-corrected chi connectivity index (χ2v) is 5.11. The van der Waals surface area contributed by atoms with Gasteiger partial charge in [0.1, 0.15) is 11.3 Å². The highest BCUT2D eigenvalue weighted by atomic mass is 16.5. The van der Waals surface area contributed by atoms with Crippen LogP contribution in [0.5, 0.6) is 5.75 Å². The van der Waals surface area contributed by atoms with Gasteiger partial charge in [0.15, 0.2) is 6.61 Å². The standard InChI is InChI=1S/C16H23NO4/c1-5-20-16(19)13-8-6-7-9-14(13)21-10-15(18)17-12(4)11(2)3/h6-9,11-12H,5,10H2,1-4H3,(H,17,18)/t12-/m0/s1. The van der Waals surface area contributed by atoms with Crippen LogP contribution in [0.3, 0.4) is 0 Å². The third-order valence-corrected chi connectivity index (χ3v) is 3.13. The van der Waals surface area contributed by atoms with Gasteiger partial charge in [-0.1, -0.05) is 26.0 Å². The number of amides is 1. The van der Waals surface area contributed by atoms with Crippen molar-refractivity contribution < 1.29 is 19.1 Å². The molecule has 0 bridgehead atoms. The van der Waals surface area contributed by atoms with Gasteiger partial charge in [0, 0.05) is 6.04 Å². The fraction of sp³-hybridized carbons (Fsp3) is 0.500. The Balaban J connectivity index is 2.63. The number of para-hydroxylation sites is 1. The fourth-order valence-corrected chi connectivity index (χ4v) is 1.58. The highest BCUT2D eigenvalue weighted by molar-refractivity contribution is 5.92. The van der Waals surface area contributed by atoms with Gasteiger partial charge >= 0.3 is 5.97 Å². The highest BCUT2D eigenvalue weighted by Crippen LogP contribution is 2.18. The number of esters is 1. The molecule has 21 heavy (non-hydrogen) atoms. The summed E-state index contributed by atoms with van der Waals surface area (Å²) in [6.07, 6.45) is 0. The minimum atomic E-state index is -0.455. The summed E-state index contributed by atoms with van der Waals surface area (Å²) in [5.74, 6) is 0.0305. The largest absolute Gasteiger partial charge is 0.483 e. The molecule has 0 fully saturated rings. The second-order valence-electron chi connectivity index (χ2n) is 5.11. The second kappa shape index (κ2) is 8.29. The van der Waals surface area contributed by atoms with Crippen LogP contribution in [0.4, 0.5) is 0 Å². The monoisotopic (exact) mass is 293 g/mol. The van der Waals surface area contributed by atoms with Crippen LogP contribution < -0.4 is 10.1 Å². The molecule has 1 N–H and O–H groups in total. The van der Waals surface area contributed by atoms with Crippen LogP contribution >= 0.6 is 0 Å². The van der Waals surface area contributed by atoms with Crippen LogP contribution in [-0.2, 0) is 9.53 Å². The van der Waals surface area contributed by atoms with Crippen molar-refractivity contribution in [1.82, 2.24) is 5.32 Å². The highest BCUT2D eigenvalue weighted by Gasteiger charge is 2.15. The average molecular weight is 293 g/mol. The third kappa shape index (κ3) is 5.45. The quantitative estimate of drug-likeness (QED) is 0.784. The Labute approximate surface area is 125 Å². The molecular weight excluding hydrogens is 270 g/mol. The number of ether oxygens (including phenoxy) is 2. The summed E-state index contributed by atoms with van der Waals surface area (Å²) in [7, 11) is 0. The summed E-state index contributed by atoms with van der Waals surface area (Å²) in [6.45, 7) is 7.90. The van der Waals surface area contributed by atoms with Crippen LogP contribution in [0.1, 0.15) is 38.1 Å². The van der Waals surface area contributed by atoms with Crippen LogP contribution in [-0.4, -0.2) is 31.1 Å². The van der Waals surface area contributed by atoms with E-state index < -0.39 is 5.97 Å². The van der Waals surface area contributed by atoms with Gasteiger partial charge in [-0.25, -0.2) is 4.79 Å². The van der Waals surface area contributed by atoms with E-state index >= 15 is 0 Å². The molecule has 1 aromatic carbocycles. The van der Waals surface area contributed by atoms with Crippen LogP contribution in [0, 0.1) is 5.92 Å². The van der Waals surface area contributed by atoms with Crippen LogP contribution in [0.15, 0.2) is 24.3 Å². The molecule has 0 radical (unpaired) electrons. The Morgan fingerprint density at radius 2 is 1.86 bits per heavy atom. The van der Waals surface area contributed by atoms with Gasteiger partial charge in [0.25, 0.3) is 5.91 Å². The Hall–Kier alpha value is -2.04. The molecule has 0 aliphatic carbocycles. The lowest BCUT2D eigenvalue weighted by atomic mass is 10.1. The van der Waals surface area contributed by atoms with Crippen molar-refractivity contribution in [3.63, 3.8) is 0 Å². The lowest BCUT2D eigenvalue weighted by Crippen LogP contribution is -2.39. The van der Waals surface area contributed by atoms with Gasteiger partial charge in [0.05, 0.1) is 6.61 Å². The van der Waals surface area contributed by atoms with Crippen molar-refractivity contribution in [3.8, 4) is 5.75 Å². The van der Waals surface area contributed by atoms with Crippen molar-refractivity contribution in [1.29, 1.82) is 0 Å². The third-order valence-electron chi connectivity index (χ3n) is 3.13. The average Bonchev–Trinajstić information content (AvgIpc) is 2.45. The molecule has 5 heteroatoms. The molecule has 1 atom stereocenters.